The van der Waals surface area contributed by atoms with Gasteiger partial charge < -0.3 is 10.5 Å². The Kier molecular flexibility index (Phi) is 3.17. The molecule has 2 N–H and O–H groups in total. The van der Waals surface area contributed by atoms with Crippen molar-refractivity contribution in [1.29, 1.82) is 0 Å². The van der Waals surface area contributed by atoms with E-state index in [4.69, 9.17) is 10.5 Å². The van der Waals surface area contributed by atoms with Gasteiger partial charge in [-0.15, -0.1) is 0 Å². The quantitative estimate of drug-likeness (QED) is 0.773. The second-order valence-corrected chi connectivity index (χ2v) is 3.88. The smallest absolute Gasteiger partial charge is 0.0537 e. The van der Waals surface area contributed by atoms with Crippen LogP contribution in [0.4, 0.5) is 0 Å². The molecule has 1 aromatic rings. The molecule has 2 heteroatoms. The van der Waals surface area contributed by atoms with E-state index in [1.165, 1.54) is 5.56 Å². The van der Waals surface area contributed by atoms with Gasteiger partial charge in [-0.2, -0.15) is 0 Å². The van der Waals surface area contributed by atoms with Crippen LogP contribution in [0.3, 0.4) is 0 Å². The van der Waals surface area contributed by atoms with Crippen LogP contribution in [0.25, 0.3) is 0 Å². The highest BCUT2D eigenvalue weighted by atomic mass is 16.5. The largest absolute Gasteiger partial charge is 0.381 e. The summed E-state index contributed by atoms with van der Waals surface area (Å²) in [6, 6.07) is 10.5. The molecule has 1 saturated heterocycles. The van der Waals surface area contributed by atoms with E-state index >= 15 is 0 Å². The Labute approximate surface area is 85.1 Å². The number of hydrogen-bond acceptors (Lipinski definition) is 2. The predicted molar refractivity (Wildman–Crippen MR) is 57.2 cm³/mol. The monoisotopic (exact) mass is 191 g/mol. The fourth-order valence-corrected chi connectivity index (χ4v) is 2.13. The zero-order chi connectivity index (χ0) is 9.80. The van der Waals surface area contributed by atoms with Crippen LogP contribution < -0.4 is 5.73 Å². The average molecular weight is 191 g/mol. The average Bonchev–Trinajstić information content (AvgIpc) is 2.30. The van der Waals surface area contributed by atoms with Crippen molar-refractivity contribution in [2.24, 2.45) is 11.7 Å². The van der Waals surface area contributed by atoms with Crippen molar-refractivity contribution in [3.8, 4) is 0 Å². The molecule has 1 aliphatic heterocycles. The molecule has 1 fully saturated rings. The summed E-state index contributed by atoms with van der Waals surface area (Å²) in [5, 5.41) is 0. The summed E-state index contributed by atoms with van der Waals surface area (Å²) >= 11 is 0. The third-order valence-electron chi connectivity index (χ3n) is 3.03. The van der Waals surface area contributed by atoms with Gasteiger partial charge in [0.15, 0.2) is 0 Å². The normalized spacial score (nSPS) is 27.5. The molecule has 0 aromatic heterocycles. The Morgan fingerprint density at radius 3 is 2.79 bits per heavy atom. The number of benzene rings is 1. The highest BCUT2D eigenvalue weighted by Gasteiger charge is 2.25. The molecular weight excluding hydrogens is 174 g/mol. The lowest BCUT2D eigenvalue weighted by atomic mass is 9.83. The molecule has 76 valence electrons. The standard InChI is InChI=1S/C12H17NO/c13-8-11-6-7-14-9-12(11)10-4-2-1-3-5-10/h1-5,11-12H,6-9,13H2. The van der Waals surface area contributed by atoms with Crippen LogP contribution in [0.1, 0.15) is 17.9 Å². The maximum Gasteiger partial charge on any atom is 0.0537 e. The molecule has 1 aliphatic rings. The van der Waals surface area contributed by atoms with Crippen LogP contribution in [0.5, 0.6) is 0 Å². The van der Waals surface area contributed by atoms with Gasteiger partial charge in [0.1, 0.15) is 0 Å². The van der Waals surface area contributed by atoms with E-state index in [0.717, 1.165) is 26.2 Å². The van der Waals surface area contributed by atoms with E-state index in [1.54, 1.807) is 0 Å². The van der Waals surface area contributed by atoms with Crippen molar-refractivity contribution in [3.63, 3.8) is 0 Å². The Morgan fingerprint density at radius 1 is 1.29 bits per heavy atom. The van der Waals surface area contributed by atoms with E-state index in [9.17, 15) is 0 Å². The molecule has 14 heavy (non-hydrogen) atoms. The van der Waals surface area contributed by atoms with Crippen molar-refractivity contribution in [3.05, 3.63) is 35.9 Å². The van der Waals surface area contributed by atoms with E-state index in [-0.39, 0.29) is 0 Å². The van der Waals surface area contributed by atoms with Crippen molar-refractivity contribution in [2.75, 3.05) is 19.8 Å². The minimum atomic E-state index is 0.495. The van der Waals surface area contributed by atoms with Gasteiger partial charge in [0.05, 0.1) is 6.61 Å². The lowest BCUT2D eigenvalue weighted by molar-refractivity contribution is 0.0494. The molecule has 2 rings (SSSR count). The number of ether oxygens (including phenoxy) is 1. The first-order chi connectivity index (χ1) is 6.92. The Hall–Kier alpha value is -0.860. The van der Waals surface area contributed by atoms with Crippen molar-refractivity contribution in [1.82, 2.24) is 0 Å². The van der Waals surface area contributed by atoms with Crippen LogP contribution in [0, 0.1) is 5.92 Å². The van der Waals surface area contributed by atoms with Gasteiger partial charge in [0.25, 0.3) is 0 Å². The first-order valence-electron chi connectivity index (χ1n) is 5.24. The van der Waals surface area contributed by atoms with Crippen LogP contribution in [0.15, 0.2) is 30.3 Å². The SMILES string of the molecule is NCC1CCOCC1c1ccccc1. The molecule has 2 unspecified atom stereocenters. The molecule has 1 aromatic carbocycles. The Balaban J connectivity index is 2.15. The summed E-state index contributed by atoms with van der Waals surface area (Å²) in [5.74, 6) is 1.08. The van der Waals surface area contributed by atoms with Gasteiger partial charge in [-0.3, -0.25) is 0 Å². The van der Waals surface area contributed by atoms with Gasteiger partial charge in [-0.1, -0.05) is 30.3 Å². The van der Waals surface area contributed by atoms with Crippen LogP contribution in [-0.4, -0.2) is 19.8 Å². The lowest BCUT2D eigenvalue weighted by Crippen LogP contribution is -2.31. The topological polar surface area (TPSA) is 35.2 Å². The van der Waals surface area contributed by atoms with Crippen molar-refractivity contribution >= 4 is 0 Å². The number of hydrogen-bond donors (Lipinski definition) is 1. The fraction of sp³-hybridized carbons (Fsp3) is 0.500. The summed E-state index contributed by atoms with van der Waals surface area (Å²) in [6.07, 6.45) is 1.09. The van der Waals surface area contributed by atoms with Crippen LogP contribution in [-0.2, 0) is 4.74 Å². The summed E-state index contributed by atoms with van der Waals surface area (Å²) in [5.41, 5.74) is 7.14. The lowest BCUT2D eigenvalue weighted by Gasteiger charge is -2.30. The van der Waals surface area contributed by atoms with Crippen molar-refractivity contribution < 1.29 is 4.74 Å². The van der Waals surface area contributed by atoms with E-state index in [2.05, 4.69) is 24.3 Å². The summed E-state index contributed by atoms with van der Waals surface area (Å²) < 4.78 is 5.51. The fourth-order valence-electron chi connectivity index (χ4n) is 2.13. The molecule has 0 bridgehead atoms. The van der Waals surface area contributed by atoms with Gasteiger partial charge in [-0.05, 0) is 24.4 Å². The van der Waals surface area contributed by atoms with E-state index < -0.39 is 0 Å². The first kappa shape index (κ1) is 9.69. The maximum absolute atomic E-state index is 5.78. The van der Waals surface area contributed by atoms with Gasteiger partial charge in [0.2, 0.25) is 0 Å². The maximum atomic E-state index is 5.78. The molecule has 1 heterocycles. The van der Waals surface area contributed by atoms with E-state index in [1.807, 2.05) is 6.07 Å². The molecule has 0 amide bonds. The molecule has 0 saturated carbocycles. The molecule has 2 nitrogen and oxygen atoms in total. The third kappa shape index (κ3) is 1.97. The minimum absolute atomic E-state index is 0.495. The second-order valence-electron chi connectivity index (χ2n) is 3.88. The van der Waals surface area contributed by atoms with Gasteiger partial charge >= 0.3 is 0 Å². The highest BCUT2D eigenvalue weighted by Crippen LogP contribution is 2.30. The Bertz CT molecular complexity index is 273. The molecular formula is C12H17NO. The van der Waals surface area contributed by atoms with Gasteiger partial charge in [-0.25, -0.2) is 0 Å². The van der Waals surface area contributed by atoms with Crippen molar-refractivity contribution in [2.45, 2.75) is 12.3 Å². The van der Waals surface area contributed by atoms with Crippen LogP contribution >= 0.6 is 0 Å². The predicted octanol–water partition coefficient (Wildman–Crippen LogP) is 1.77. The second kappa shape index (κ2) is 4.58. The molecule has 0 aliphatic carbocycles. The van der Waals surface area contributed by atoms with Crippen LogP contribution in [0.2, 0.25) is 0 Å². The summed E-state index contributed by atoms with van der Waals surface area (Å²) in [6.45, 7) is 2.46. The number of nitrogens with two attached hydrogens (primary N) is 1. The third-order valence-corrected chi connectivity index (χ3v) is 3.03. The zero-order valence-electron chi connectivity index (χ0n) is 8.36. The molecule has 0 radical (unpaired) electrons. The summed E-state index contributed by atoms with van der Waals surface area (Å²) in [7, 11) is 0. The van der Waals surface area contributed by atoms with Gasteiger partial charge in [0, 0.05) is 12.5 Å². The minimum Gasteiger partial charge on any atom is -0.381 e. The molecule has 0 spiro atoms. The highest BCUT2D eigenvalue weighted by molar-refractivity contribution is 5.21. The number of rotatable bonds is 2. The van der Waals surface area contributed by atoms with E-state index in [0.29, 0.717) is 11.8 Å². The Morgan fingerprint density at radius 2 is 2.07 bits per heavy atom. The first-order valence-corrected chi connectivity index (χ1v) is 5.24. The zero-order valence-corrected chi connectivity index (χ0v) is 8.36. The molecule has 2 atom stereocenters. The summed E-state index contributed by atoms with van der Waals surface area (Å²) in [4.78, 5) is 0.